The van der Waals surface area contributed by atoms with Crippen molar-refractivity contribution in [3.8, 4) is 0 Å². The summed E-state index contributed by atoms with van der Waals surface area (Å²) >= 11 is 2.72. The Morgan fingerprint density at radius 1 is 1.24 bits per heavy atom. The van der Waals surface area contributed by atoms with E-state index < -0.39 is 24.9 Å². The van der Waals surface area contributed by atoms with Crippen molar-refractivity contribution >= 4 is 57.0 Å². The molecule has 1 aromatic rings. The van der Waals surface area contributed by atoms with Gasteiger partial charge in [-0.3, -0.25) is 0 Å². The quantitative estimate of drug-likeness (QED) is 0.180. The van der Waals surface area contributed by atoms with Crippen LogP contribution in [-0.4, -0.2) is 20.4 Å². The molecule has 0 amide bonds. The van der Waals surface area contributed by atoms with Gasteiger partial charge in [0.25, 0.3) is 5.90 Å². The Hall–Kier alpha value is -0.310. The first kappa shape index (κ1) is 21.0. The van der Waals surface area contributed by atoms with Crippen LogP contribution < -0.4 is 5.43 Å². The van der Waals surface area contributed by atoms with E-state index in [1.807, 2.05) is 0 Å². The molecule has 1 aliphatic rings. The summed E-state index contributed by atoms with van der Waals surface area (Å²) in [5.41, 5.74) is 1.39. The molecule has 11 heteroatoms. The Labute approximate surface area is 169 Å². The fourth-order valence-corrected chi connectivity index (χ4v) is 4.12. The molecular formula is C14H15F3I2N2O3S. The smallest absolute Gasteiger partial charge is 0.352 e. The maximum atomic E-state index is 13.3. The first-order valence-corrected chi connectivity index (χ1v) is 12.4. The zero-order valence-corrected chi connectivity index (χ0v) is 17.9. The van der Waals surface area contributed by atoms with Crippen molar-refractivity contribution in [2.45, 2.75) is 44.3 Å². The van der Waals surface area contributed by atoms with Crippen LogP contribution in [0.4, 0.5) is 13.2 Å². The van der Waals surface area contributed by atoms with Gasteiger partial charge in [0.15, 0.2) is 0 Å². The molecule has 1 fully saturated rings. The highest BCUT2D eigenvalue weighted by atomic mass is 127. The fourth-order valence-electron chi connectivity index (χ4n) is 2.57. The van der Waals surface area contributed by atoms with Gasteiger partial charge in [-0.25, -0.2) is 0 Å². The molecule has 25 heavy (non-hydrogen) atoms. The Morgan fingerprint density at radius 3 is 2.44 bits per heavy atom. The lowest BCUT2D eigenvalue weighted by Gasteiger charge is -2.22. The lowest BCUT2D eigenvalue weighted by atomic mass is 9.96. The molecule has 0 unspecified atom stereocenters. The van der Waals surface area contributed by atoms with Gasteiger partial charge in [-0.2, -0.15) is 21.6 Å². The second-order valence-corrected chi connectivity index (χ2v) is 10.9. The SMILES string of the molecule is O=S(=O)(I)O/C(=N\NC1CCCCC1)c1c(I)cccc1C(F)(F)F. The van der Waals surface area contributed by atoms with E-state index in [1.54, 1.807) is 22.6 Å². The fraction of sp³-hybridized carbons (Fsp3) is 0.500. The number of hydrazone groups is 1. The number of halogens is 5. The minimum atomic E-state index is -4.67. The molecule has 1 aromatic carbocycles. The van der Waals surface area contributed by atoms with E-state index in [0.29, 0.717) is 0 Å². The summed E-state index contributed by atoms with van der Waals surface area (Å²) in [6.07, 6.45) is 0.0650. The summed E-state index contributed by atoms with van der Waals surface area (Å²) in [4.78, 5) is 0. The molecule has 0 aromatic heterocycles. The van der Waals surface area contributed by atoms with Crippen LogP contribution in [0.15, 0.2) is 23.3 Å². The maximum Gasteiger partial charge on any atom is 0.417 e. The van der Waals surface area contributed by atoms with Gasteiger partial charge in [0.05, 0.1) is 11.1 Å². The van der Waals surface area contributed by atoms with Gasteiger partial charge in [-0.1, -0.05) is 25.3 Å². The van der Waals surface area contributed by atoms with E-state index in [1.165, 1.54) is 12.1 Å². The van der Waals surface area contributed by atoms with Crippen LogP contribution in [0.5, 0.6) is 0 Å². The van der Waals surface area contributed by atoms with Crippen LogP contribution in [0.25, 0.3) is 0 Å². The monoisotopic (exact) mass is 602 g/mol. The molecule has 0 heterocycles. The van der Waals surface area contributed by atoms with E-state index >= 15 is 0 Å². The molecule has 0 aliphatic heterocycles. The molecule has 1 N–H and O–H groups in total. The predicted molar refractivity (Wildman–Crippen MR) is 105 cm³/mol. The number of nitrogens with zero attached hydrogens (tertiary/aromatic N) is 1. The normalized spacial score (nSPS) is 17.4. The van der Waals surface area contributed by atoms with Gasteiger partial charge in [0.1, 0.15) is 21.2 Å². The van der Waals surface area contributed by atoms with Gasteiger partial charge < -0.3 is 9.61 Å². The number of rotatable bonds is 4. The average Bonchev–Trinajstić information content (AvgIpc) is 2.50. The second-order valence-electron chi connectivity index (χ2n) is 5.52. The van der Waals surface area contributed by atoms with Crippen molar-refractivity contribution in [1.29, 1.82) is 0 Å². The Balaban J connectivity index is 2.45. The first-order valence-electron chi connectivity index (χ1n) is 7.41. The molecule has 1 aliphatic carbocycles. The second kappa shape index (κ2) is 8.59. The highest BCUT2D eigenvalue weighted by Gasteiger charge is 2.37. The third-order valence-electron chi connectivity index (χ3n) is 3.67. The zero-order valence-electron chi connectivity index (χ0n) is 12.8. The predicted octanol–water partition coefficient (Wildman–Crippen LogP) is 4.59. The number of hydrogen-bond donors (Lipinski definition) is 1. The summed E-state index contributed by atoms with van der Waals surface area (Å²) in [6.45, 7) is 0. The van der Waals surface area contributed by atoms with E-state index in [0.717, 1.165) is 59.4 Å². The third kappa shape index (κ3) is 6.41. The van der Waals surface area contributed by atoms with Crippen molar-refractivity contribution in [3.05, 3.63) is 32.9 Å². The van der Waals surface area contributed by atoms with Crippen molar-refractivity contribution < 1.29 is 25.8 Å². The van der Waals surface area contributed by atoms with E-state index in [4.69, 9.17) is 4.18 Å². The van der Waals surface area contributed by atoms with Crippen molar-refractivity contribution in [3.63, 3.8) is 0 Å². The van der Waals surface area contributed by atoms with Gasteiger partial charge in [-0.05, 0) is 47.6 Å². The standard InChI is InChI=1S/C14H15F3I2N2O3S/c15-14(16,17)10-7-4-8-11(18)12(10)13(24-25(19,22)23)21-20-9-5-2-1-3-6-9/h4,7-9,20H,1-3,5-6H2/b21-13-. The van der Waals surface area contributed by atoms with Crippen molar-refractivity contribution in [2.24, 2.45) is 5.10 Å². The Bertz CT molecular complexity index is 748. The third-order valence-corrected chi connectivity index (χ3v) is 5.46. The maximum absolute atomic E-state index is 13.3. The van der Waals surface area contributed by atoms with E-state index in [9.17, 15) is 21.6 Å². The summed E-state index contributed by atoms with van der Waals surface area (Å²) < 4.78 is 68.0. The number of nitrogens with one attached hydrogen (secondary N) is 1. The lowest BCUT2D eigenvalue weighted by Crippen LogP contribution is -2.29. The van der Waals surface area contributed by atoms with Crippen LogP contribution in [0, 0.1) is 3.57 Å². The Morgan fingerprint density at radius 2 is 1.88 bits per heavy atom. The highest BCUT2D eigenvalue weighted by molar-refractivity contribution is 14.2. The number of benzene rings is 1. The van der Waals surface area contributed by atoms with Crippen LogP contribution in [0.1, 0.15) is 43.2 Å². The van der Waals surface area contributed by atoms with Crippen LogP contribution >= 0.6 is 43.8 Å². The summed E-state index contributed by atoms with van der Waals surface area (Å²) in [5.74, 6) is -0.600. The molecule has 2 rings (SSSR count). The summed E-state index contributed by atoms with van der Waals surface area (Å²) in [7, 11) is -4.07. The molecule has 0 spiro atoms. The molecule has 140 valence electrons. The van der Waals surface area contributed by atoms with Gasteiger partial charge >= 0.3 is 13.5 Å². The average molecular weight is 602 g/mol. The zero-order chi connectivity index (χ0) is 18.7. The molecule has 0 bridgehead atoms. The van der Waals surface area contributed by atoms with Gasteiger partial charge in [0, 0.05) is 9.61 Å². The van der Waals surface area contributed by atoms with Gasteiger partial charge in [0.2, 0.25) is 0 Å². The van der Waals surface area contributed by atoms with Gasteiger partial charge in [-0.15, -0.1) is 5.10 Å². The molecule has 1 saturated carbocycles. The van der Waals surface area contributed by atoms with Crippen molar-refractivity contribution in [1.82, 2.24) is 5.43 Å². The Kier molecular flexibility index (Phi) is 7.21. The minimum Gasteiger partial charge on any atom is -0.352 e. The number of alkyl halides is 3. The summed E-state index contributed by atoms with van der Waals surface area (Å²) in [6, 6.07) is 3.54. The topological polar surface area (TPSA) is 67.8 Å². The lowest BCUT2D eigenvalue weighted by molar-refractivity contribution is -0.137. The molecule has 0 saturated heterocycles. The van der Waals surface area contributed by atoms with Crippen LogP contribution in [0.2, 0.25) is 0 Å². The first-order chi connectivity index (χ1) is 11.6. The number of hydrogen-bond acceptors (Lipinski definition) is 5. The highest BCUT2D eigenvalue weighted by Crippen LogP contribution is 2.35. The largest absolute Gasteiger partial charge is 0.417 e. The van der Waals surface area contributed by atoms with E-state index in [-0.39, 0.29) is 15.2 Å². The molecule has 5 nitrogen and oxygen atoms in total. The van der Waals surface area contributed by atoms with Crippen LogP contribution in [-0.2, 0) is 17.6 Å². The van der Waals surface area contributed by atoms with E-state index in [2.05, 4.69) is 10.5 Å². The van der Waals surface area contributed by atoms with Crippen LogP contribution in [0.3, 0.4) is 0 Å². The molecular weight excluding hydrogens is 587 g/mol. The molecule has 0 atom stereocenters. The van der Waals surface area contributed by atoms with Crippen molar-refractivity contribution in [2.75, 3.05) is 0 Å². The minimum absolute atomic E-state index is 0.0139. The summed E-state index contributed by atoms with van der Waals surface area (Å²) in [5, 5.41) is 3.89. The molecule has 0 radical (unpaired) electrons.